The number of benzene rings is 1. The van der Waals surface area contributed by atoms with E-state index in [-0.39, 0.29) is 11.4 Å². The van der Waals surface area contributed by atoms with Gasteiger partial charge in [-0.15, -0.1) is 0 Å². The first-order valence-electron chi connectivity index (χ1n) is 10.8. The summed E-state index contributed by atoms with van der Waals surface area (Å²) in [6, 6.07) is 5.85. The molecular formula is C22H33BN2O8S. The molecule has 0 spiro atoms. The zero-order valence-corrected chi connectivity index (χ0v) is 21.4. The predicted octanol–water partition coefficient (Wildman–Crippen LogP) is 2.59. The van der Waals surface area contributed by atoms with Crippen molar-refractivity contribution >= 4 is 35.3 Å². The standard InChI is InChI=1S/C22H33BN2O8S/c1-20(2,3)31-19(28)24-13-16(23-32-21(4,5)22(6,7)33-23)12-15-8-10-17(11-9-15)34(29,30)25-14-18(26)27/h8-12,25H,13-14H2,1-7H3,(H,24,28)(H,26,27). The molecule has 1 aromatic rings. The van der Waals surface area contributed by atoms with Gasteiger partial charge in [-0.1, -0.05) is 18.2 Å². The number of carbonyl (C=O) groups is 2. The molecular weight excluding hydrogens is 463 g/mol. The molecule has 1 heterocycles. The number of hydrogen-bond acceptors (Lipinski definition) is 7. The molecule has 1 fully saturated rings. The maximum atomic E-state index is 12.2. The Morgan fingerprint density at radius 1 is 1.06 bits per heavy atom. The molecule has 0 atom stereocenters. The molecule has 1 saturated heterocycles. The zero-order valence-electron chi connectivity index (χ0n) is 20.6. The molecule has 0 saturated carbocycles. The smallest absolute Gasteiger partial charge is 0.480 e. The lowest BCUT2D eigenvalue weighted by molar-refractivity contribution is -0.135. The Morgan fingerprint density at radius 3 is 2.06 bits per heavy atom. The highest BCUT2D eigenvalue weighted by molar-refractivity contribution is 7.89. The van der Waals surface area contributed by atoms with E-state index in [1.54, 1.807) is 39.0 Å². The number of rotatable bonds is 8. The van der Waals surface area contributed by atoms with Crippen molar-refractivity contribution in [3.05, 3.63) is 35.3 Å². The van der Waals surface area contributed by atoms with Crippen LogP contribution in [0.5, 0.6) is 0 Å². The van der Waals surface area contributed by atoms with Gasteiger partial charge in [-0.2, -0.15) is 4.72 Å². The molecule has 0 unspecified atom stereocenters. The lowest BCUT2D eigenvalue weighted by Crippen LogP contribution is -2.41. The number of amides is 1. The van der Waals surface area contributed by atoms with Gasteiger partial charge >= 0.3 is 19.2 Å². The number of carboxylic acids is 1. The van der Waals surface area contributed by atoms with Gasteiger partial charge in [-0.05, 0) is 71.6 Å². The van der Waals surface area contributed by atoms with E-state index in [1.165, 1.54) is 12.1 Å². The van der Waals surface area contributed by atoms with Crippen LogP contribution in [0.1, 0.15) is 54.0 Å². The quantitative estimate of drug-likeness (QED) is 0.467. The minimum Gasteiger partial charge on any atom is -0.480 e. The Hall–Kier alpha value is -2.41. The fourth-order valence-electron chi connectivity index (χ4n) is 2.88. The number of ether oxygens (including phenoxy) is 1. The van der Waals surface area contributed by atoms with Crippen LogP contribution in [0, 0.1) is 0 Å². The average Bonchev–Trinajstić information content (AvgIpc) is 2.89. The van der Waals surface area contributed by atoms with Crippen molar-refractivity contribution in [3.63, 3.8) is 0 Å². The van der Waals surface area contributed by atoms with Crippen molar-refractivity contribution in [2.24, 2.45) is 0 Å². The first kappa shape index (κ1) is 27.8. The van der Waals surface area contributed by atoms with Gasteiger partial charge in [0.25, 0.3) is 0 Å². The summed E-state index contributed by atoms with van der Waals surface area (Å²) in [7, 11) is -4.71. The van der Waals surface area contributed by atoms with Crippen LogP contribution < -0.4 is 10.0 Å². The summed E-state index contributed by atoms with van der Waals surface area (Å²) in [5.41, 5.74) is -0.627. The Balaban J connectivity index is 2.28. The van der Waals surface area contributed by atoms with E-state index in [4.69, 9.17) is 19.2 Å². The number of nitrogens with one attached hydrogen (secondary N) is 2. The summed E-state index contributed by atoms with van der Waals surface area (Å²) in [5.74, 6) is -1.28. The number of hydrogen-bond donors (Lipinski definition) is 3. The van der Waals surface area contributed by atoms with Crippen LogP contribution in [0.3, 0.4) is 0 Å². The largest absolute Gasteiger partial charge is 0.492 e. The van der Waals surface area contributed by atoms with Gasteiger partial charge in [0.05, 0.1) is 16.1 Å². The van der Waals surface area contributed by atoms with E-state index in [2.05, 4.69) is 5.32 Å². The van der Waals surface area contributed by atoms with Crippen LogP contribution in [0.4, 0.5) is 4.79 Å². The van der Waals surface area contributed by atoms with Crippen molar-refractivity contribution in [2.75, 3.05) is 13.1 Å². The molecule has 1 aromatic carbocycles. The van der Waals surface area contributed by atoms with Crippen LogP contribution in [-0.2, 0) is 28.9 Å². The molecule has 1 amide bonds. The Labute approximate surface area is 201 Å². The Kier molecular flexibility index (Phi) is 8.24. The van der Waals surface area contributed by atoms with Gasteiger partial charge in [0.2, 0.25) is 10.0 Å². The van der Waals surface area contributed by atoms with Gasteiger partial charge in [0, 0.05) is 6.54 Å². The third kappa shape index (κ3) is 7.56. The summed E-state index contributed by atoms with van der Waals surface area (Å²) in [4.78, 5) is 22.8. The topological polar surface area (TPSA) is 140 Å². The van der Waals surface area contributed by atoms with Crippen molar-refractivity contribution in [1.29, 1.82) is 0 Å². The third-order valence-electron chi connectivity index (χ3n) is 5.35. The fraction of sp³-hybridized carbons (Fsp3) is 0.545. The second kappa shape index (κ2) is 10.1. The van der Waals surface area contributed by atoms with E-state index in [0.717, 1.165) is 0 Å². The predicted molar refractivity (Wildman–Crippen MR) is 128 cm³/mol. The normalized spacial score (nSPS) is 18.0. The number of aliphatic carboxylic acids is 1. The van der Waals surface area contributed by atoms with Gasteiger partial charge in [0.1, 0.15) is 12.1 Å². The van der Waals surface area contributed by atoms with Crippen LogP contribution in [0.25, 0.3) is 6.08 Å². The molecule has 3 N–H and O–H groups in total. The van der Waals surface area contributed by atoms with Crippen LogP contribution >= 0.6 is 0 Å². The molecule has 12 heteroatoms. The molecule has 0 aromatic heterocycles. The van der Waals surface area contributed by atoms with Crippen LogP contribution in [0.15, 0.2) is 34.6 Å². The van der Waals surface area contributed by atoms with Crippen LogP contribution in [0.2, 0.25) is 0 Å². The lowest BCUT2D eigenvalue weighted by atomic mass is 9.77. The minimum absolute atomic E-state index is 0.0741. The maximum absolute atomic E-state index is 12.2. The minimum atomic E-state index is -3.96. The molecule has 188 valence electrons. The van der Waals surface area contributed by atoms with Crippen molar-refractivity contribution in [2.45, 2.75) is 70.2 Å². The summed E-state index contributed by atoms with van der Waals surface area (Å²) >= 11 is 0. The number of sulfonamides is 1. The number of alkyl carbamates (subject to hydrolysis) is 1. The van der Waals surface area contributed by atoms with Crippen molar-refractivity contribution in [3.8, 4) is 0 Å². The first-order chi connectivity index (χ1) is 15.4. The highest BCUT2D eigenvalue weighted by atomic mass is 32.2. The molecule has 0 bridgehead atoms. The van der Waals surface area contributed by atoms with E-state index in [9.17, 15) is 18.0 Å². The summed E-state index contributed by atoms with van der Waals surface area (Å²) in [5, 5.41) is 11.4. The molecule has 0 radical (unpaired) electrons. The van der Waals surface area contributed by atoms with Gasteiger partial charge in [-0.25, -0.2) is 13.2 Å². The van der Waals surface area contributed by atoms with Crippen LogP contribution in [-0.4, -0.2) is 62.6 Å². The van der Waals surface area contributed by atoms with E-state index >= 15 is 0 Å². The van der Waals surface area contributed by atoms with E-state index < -0.39 is 52.6 Å². The molecule has 1 aliphatic heterocycles. The Bertz CT molecular complexity index is 1030. The molecule has 10 nitrogen and oxygen atoms in total. The number of carbonyl (C=O) groups excluding carboxylic acids is 1. The molecule has 0 aliphatic carbocycles. The average molecular weight is 496 g/mol. The fourth-order valence-corrected chi connectivity index (χ4v) is 3.86. The maximum Gasteiger partial charge on any atom is 0.492 e. The second-order valence-corrected chi connectivity index (χ2v) is 11.7. The summed E-state index contributed by atoms with van der Waals surface area (Å²) in [6.45, 7) is 12.3. The van der Waals surface area contributed by atoms with Crippen molar-refractivity contribution in [1.82, 2.24) is 10.0 Å². The van der Waals surface area contributed by atoms with Gasteiger partial charge < -0.3 is 24.5 Å². The summed E-state index contributed by atoms with van der Waals surface area (Å²) < 4.78 is 44.0. The van der Waals surface area contributed by atoms with Gasteiger partial charge in [0.15, 0.2) is 0 Å². The second-order valence-electron chi connectivity index (χ2n) is 9.95. The lowest BCUT2D eigenvalue weighted by Gasteiger charge is -2.32. The first-order valence-corrected chi connectivity index (χ1v) is 12.2. The monoisotopic (exact) mass is 496 g/mol. The SMILES string of the molecule is CC(C)(C)OC(=O)NCC(=Cc1ccc(S(=O)(=O)NCC(=O)O)cc1)B1OC(C)(C)C(C)(C)O1. The zero-order chi connectivity index (χ0) is 25.9. The molecule has 2 rings (SSSR count). The highest BCUT2D eigenvalue weighted by Crippen LogP contribution is 2.38. The highest BCUT2D eigenvalue weighted by Gasteiger charge is 2.52. The number of carboxylic acid groups (broad SMARTS) is 1. The summed E-state index contributed by atoms with van der Waals surface area (Å²) in [6.07, 6.45) is 1.14. The molecule has 1 aliphatic rings. The molecule has 34 heavy (non-hydrogen) atoms. The Morgan fingerprint density at radius 2 is 1.59 bits per heavy atom. The van der Waals surface area contributed by atoms with Gasteiger partial charge in [-0.3, -0.25) is 4.79 Å². The van der Waals surface area contributed by atoms with E-state index in [1.807, 2.05) is 32.4 Å². The third-order valence-corrected chi connectivity index (χ3v) is 6.76. The van der Waals surface area contributed by atoms with E-state index in [0.29, 0.717) is 11.0 Å². The van der Waals surface area contributed by atoms with Crippen molar-refractivity contribution < 1.29 is 37.2 Å².